The van der Waals surface area contributed by atoms with Crippen molar-refractivity contribution < 1.29 is 10.2 Å². The van der Waals surface area contributed by atoms with Gasteiger partial charge in [-0.2, -0.15) is 0 Å². The Morgan fingerprint density at radius 1 is 0.944 bits per heavy atom. The summed E-state index contributed by atoms with van der Waals surface area (Å²) in [4.78, 5) is 0. The first-order valence-corrected chi connectivity index (χ1v) is 6.90. The molecule has 2 nitrogen and oxygen atoms in total. The molecule has 0 saturated heterocycles. The molecule has 0 aliphatic rings. The molecule has 18 heavy (non-hydrogen) atoms. The van der Waals surface area contributed by atoms with Crippen LogP contribution in [0.4, 0.5) is 0 Å². The van der Waals surface area contributed by atoms with Gasteiger partial charge in [-0.3, -0.25) is 0 Å². The van der Waals surface area contributed by atoms with E-state index in [0.717, 1.165) is 25.7 Å². The van der Waals surface area contributed by atoms with E-state index in [9.17, 15) is 10.2 Å². The number of phenols is 2. The molecule has 1 aromatic rings. The first-order chi connectivity index (χ1) is 8.75. The predicted molar refractivity (Wildman–Crippen MR) is 76.0 cm³/mol. The molecule has 1 aromatic carbocycles. The van der Waals surface area contributed by atoms with Gasteiger partial charge in [0.05, 0.1) is 0 Å². The van der Waals surface area contributed by atoms with E-state index in [4.69, 9.17) is 0 Å². The van der Waals surface area contributed by atoms with Gasteiger partial charge in [-0.25, -0.2) is 0 Å². The second kappa shape index (κ2) is 8.62. The van der Waals surface area contributed by atoms with Gasteiger partial charge in [0, 0.05) is 5.56 Å². The van der Waals surface area contributed by atoms with Crippen LogP contribution in [-0.2, 0) is 6.42 Å². The first-order valence-electron chi connectivity index (χ1n) is 6.90. The fraction of sp³-hybridized carbons (Fsp3) is 0.500. The van der Waals surface area contributed by atoms with E-state index >= 15 is 0 Å². The monoisotopic (exact) mass is 248 g/mol. The molecule has 0 unspecified atom stereocenters. The van der Waals surface area contributed by atoms with Crippen LogP contribution in [0.3, 0.4) is 0 Å². The van der Waals surface area contributed by atoms with Gasteiger partial charge < -0.3 is 10.2 Å². The minimum absolute atomic E-state index is 0.196. The van der Waals surface area contributed by atoms with Crippen LogP contribution in [0.5, 0.6) is 11.5 Å². The molecule has 0 atom stereocenters. The molecule has 0 saturated carbocycles. The highest BCUT2D eigenvalue weighted by Gasteiger charge is 2.05. The van der Waals surface area contributed by atoms with Crippen molar-refractivity contribution in [3.05, 3.63) is 35.9 Å². The highest BCUT2D eigenvalue weighted by Crippen LogP contribution is 2.27. The SMILES string of the molecule is CCCCCC=CCCCc1c(O)cccc1O. The van der Waals surface area contributed by atoms with Crippen LogP contribution in [0.15, 0.2) is 30.4 Å². The van der Waals surface area contributed by atoms with Gasteiger partial charge in [0.2, 0.25) is 0 Å². The van der Waals surface area contributed by atoms with Crippen molar-refractivity contribution in [1.82, 2.24) is 0 Å². The highest BCUT2D eigenvalue weighted by atomic mass is 16.3. The predicted octanol–water partition coefficient (Wildman–Crippen LogP) is 4.56. The molecular formula is C16H24O2. The third-order valence-electron chi connectivity index (χ3n) is 3.07. The van der Waals surface area contributed by atoms with Crippen LogP contribution in [-0.4, -0.2) is 10.2 Å². The van der Waals surface area contributed by atoms with Gasteiger partial charge in [0.1, 0.15) is 11.5 Å². The maximum atomic E-state index is 9.61. The summed E-state index contributed by atoms with van der Waals surface area (Å²) in [6.07, 6.45) is 12.1. The molecule has 2 N–H and O–H groups in total. The molecule has 1 rings (SSSR count). The second-order valence-corrected chi connectivity index (χ2v) is 4.63. The van der Waals surface area contributed by atoms with E-state index in [1.165, 1.54) is 19.3 Å². The molecule has 0 heterocycles. The molecule has 0 aliphatic carbocycles. The maximum absolute atomic E-state index is 9.61. The summed E-state index contributed by atoms with van der Waals surface area (Å²) in [5, 5.41) is 19.2. The van der Waals surface area contributed by atoms with Crippen molar-refractivity contribution in [1.29, 1.82) is 0 Å². The molecule has 0 bridgehead atoms. The van der Waals surface area contributed by atoms with Crippen molar-refractivity contribution in [2.45, 2.75) is 51.9 Å². The Bertz CT molecular complexity index is 349. The van der Waals surface area contributed by atoms with Crippen molar-refractivity contribution in [2.24, 2.45) is 0 Å². The Morgan fingerprint density at radius 2 is 1.56 bits per heavy atom. The molecule has 100 valence electrons. The number of allylic oxidation sites excluding steroid dienone is 2. The van der Waals surface area contributed by atoms with Crippen LogP contribution >= 0.6 is 0 Å². The van der Waals surface area contributed by atoms with E-state index in [1.54, 1.807) is 18.2 Å². The Hall–Kier alpha value is -1.44. The lowest BCUT2D eigenvalue weighted by molar-refractivity contribution is 0.437. The molecule has 0 radical (unpaired) electrons. The van der Waals surface area contributed by atoms with Crippen molar-refractivity contribution in [3.8, 4) is 11.5 Å². The van der Waals surface area contributed by atoms with E-state index in [1.807, 2.05) is 0 Å². The number of aromatic hydroxyl groups is 2. The Labute approximate surface area is 110 Å². The molecule has 0 amide bonds. The smallest absolute Gasteiger partial charge is 0.122 e. The largest absolute Gasteiger partial charge is 0.508 e. The summed E-state index contributed by atoms with van der Waals surface area (Å²) in [6.45, 7) is 2.21. The number of hydrogen-bond acceptors (Lipinski definition) is 2. The second-order valence-electron chi connectivity index (χ2n) is 4.63. The summed E-state index contributed by atoms with van der Waals surface area (Å²) in [5.41, 5.74) is 0.664. The van der Waals surface area contributed by atoms with Gasteiger partial charge in [-0.05, 0) is 44.2 Å². The molecule has 0 fully saturated rings. The van der Waals surface area contributed by atoms with E-state index < -0.39 is 0 Å². The summed E-state index contributed by atoms with van der Waals surface area (Å²) in [5.74, 6) is 0.392. The Balaban J connectivity index is 2.22. The fourth-order valence-electron chi connectivity index (χ4n) is 1.96. The quantitative estimate of drug-likeness (QED) is 0.523. The van der Waals surface area contributed by atoms with Gasteiger partial charge in [0.25, 0.3) is 0 Å². The third-order valence-corrected chi connectivity index (χ3v) is 3.07. The summed E-state index contributed by atoms with van der Waals surface area (Å²) in [6, 6.07) is 4.90. The lowest BCUT2D eigenvalue weighted by atomic mass is 10.1. The number of rotatable bonds is 8. The van der Waals surface area contributed by atoms with Crippen LogP contribution in [0, 0.1) is 0 Å². The number of hydrogen-bond donors (Lipinski definition) is 2. The number of benzene rings is 1. The summed E-state index contributed by atoms with van der Waals surface area (Å²) < 4.78 is 0. The van der Waals surface area contributed by atoms with Crippen molar-refractivity contribution >= 4 is 0 Å². The Morgan fingerprint density at radius 3 is 2.17 bits per heavy atom. The first kappa shape index (κ1) is 14.6. The van der Waals surface area contributed by atoms with Crippen molar-refractivity contribution in [2.75, 3.05) is 0 Å². The van der Waals surface area contributed by atoms with Gasteiger partial charge in [-0.1, -0.05) is 38.0 Å². The van der Waals surface area contributed by atoms with Gasteiger partial charge in [-0.15, -0.1) is 0 Å². The summed E-state index contributed by atoms with van der Waals surface area (Å²) in [7, 11) is 0. The molecule has 2 heteroatoms. The van der Waals surface area contributed by atoms with Crippen LogP contribution < -0.4 is 0 Å². The van der Waals surface area contributed by atoms with Crippen LogP contribution in [0.25, 0.3) is 0 Å². The lowest BCUT2D eigenvalue weighted by Crippen LogP contribution is -1.86. The zero-order valence-electron chi connectivity index (χ0n) is 11.2. The average molecular weight is 248 g/mol. The Kier molecular flexibility index (Phi) is 7.00. The molecule has 0 spiro atoms. The standard InChI is InChI=1S/C16H24O2/c1-2-3-4-5-6-7-8-9-11-14-15(17)12-10-13-16(14)18/h6-7,10,12-13,17-18H,2-5,8-9,11H2,1H3. The molecular weight excluding hydrogens is 224 g/mol. The minimum Gasteiger partial charge on any atom is -0.508 e. The van der Waals surface area contributed by atoms with Crippen LogP contribution in [0.2, 0.25) is 0 Å². The number of unbranched alkanes of at least 4 members (excludes halogenated alkanes) is 4. The zero-order valence-corrected chi connectivity index (χ0v) is 11.2. The van der Waals surface area contributed by atoms with E-state index in [-0.39, 0.29) is 11.5 Å². The third kappa shape index (κ3) is 5.26. The maximum Gasteiger partial charge on any atom is 0.122 e. The normalized spacial score (nSPS) is 11.2. The zero-order chi connectivity index (χ0) is 13.2. The molecule has 0 aromatic heterocycles. The average Bonchev–Trinajstić information content (AvgIpc) is 2.35. The fourth-order valence-corrected chi connectivity index (χ4v) is 1.96. The van der Waals surface area contributed by atoms with E-state index in [2.05, 4.69) is 19.1 Å². The van der Waals surface area contributed by atoms with Gasteiger partial charge >= 0.3 is 0 Å². The molecule has 0 aliphatic heterocycles. The summed E-state index contributed by atoms with van der Waals surface area (Å²) >= 11 is 0. The highest BCUT2D eigenvalue weighted by molar-refractivity contribution is 5.42. The van der Waals surface area contributed by atoms with Crippen LogP contribution in [0.1, 0.15) is 51.0 Å². The minimum atomic E-state index is 0.196. The topological polar surface area (TPSA) is 40.5 Å². The van der Waals surface area contributed by atoms with Crippen molar-refractivity contribution in [3.63, 3.8) is 0 Å². The lowest BCUT2D eigenvalue weighted by Gasteiger charge is -2.05. The van der Waals surface area contributed by atoms with E-state index in [0.29, 0.717) is 5.56 Å². The number of phenolic OH excluding ortho intramolecular Hbond substituents is 2. The van der Waals surface area contributed by atoms with Gasteiger partial charge in [0.15, 0.2) is 0 Å².